The second-order valence-electron chi connectivity index (χ2n) is 5.27. The molecule has 108 valence electrons. The van der Waals surface area contributed by atoms with E-state index < -0.39 is 0 Å². The minimum absolute atomic E-state index is 0.0526. The van der Waals surface area contributed by atoms with Crippen LogP contribution in [0.2, 0.25) is 0 Å². The Morgan fingerprint density at radius 3 is 2.90 bits per heavy atom. The van der Waals surface area contributed by atoms with E-state index in [1.165, 1.54) is 0 Å². The lowest BCUT2D eigenvalue weighted by atomic mass is 9.99. The molecule has 20 heavy (non-hydrogen) atoms. The van der Waals surface area contributed by atoms with Gasteiger partial charge in [-0.15, -0.1) is 11.6 Å². The highest BCUT2D eigenvalue weighted by atomic mass is 35.5. The maximum Gasteiger partial charge on any atom is 0.254 e. The number of piperidine rings is 1. The summed E-state index contributed by atoms with van der Waals surface area (Å²) in [5.74, 6) is 2.45. The van der Waals surface area contributed by atoms with Gasteiger partial charge in [0.15, 0.2) is 11.5 Å². The number of ether oxygens (including phenoxy) is 2. The first-order valence-corrected chi connectivity index (χ1v) is 7.56. The van der Waals surface area contributed by atoms with Gasteiger partial charge in [0.25, 0.3) is 5.91 Å². The molecule has 3 rings (SSSR count). The molecule has 2 aliphatic rings. The number of benzene rings is 1. The van der Waals surface area contributed by atoms with Gasteiger partial charge in [0.05, 0.1) is 0 Å². The molecule has 0 spiro atoms. The van der Waals surface area contributed by atoms with E-state index in [1.54, 1.807) is 12.1 Å². The molecular weight excluding hydrogens is 278 g/mol. The Kier molecular flexibility index (Phi) is 4.01. The summed E-state index contributed by atoms with van der Waals surface area (Å²) >= 11 is 5.92. The molecule has 2 aliphatic heterocycles. The fraction of sp³-hybridized carbons (Fsp3) is 0.533. The van der Waals surface area contributed by atoms with Gasteiger partial charge in [-0.3, -0.25) is 4.79 Å². The van der Waals surface area contributed by atoms with E-state index in [4.69, 9.17) is 21.1 Å². The van der Waals surface area contributed by atoms with Gasteiger partial charge >= 0.3 is 0 Å². The van der Waals surface area contributed by atoms with Crippen molar-refractivity contribution in [1.82, 2.24) is 4.90 Å². The van der Waals surface area contributed by atoms with Gasteiger partial charge in [-0.1, -0.05) is 0 Å². The van der Waals surface area contributed by atoms with E-state index in [9.17, 15) is 4.79 Å². The highest BCUT2D eigenvalue weighted by molar-refractivity contribution is 6.18. The third-order valence-corrected chi connectivity index (χ3v) is 4.25. The molecule has 0 bridgehead atoms. The molecule has 0 N–H and O–H groups in total. The van der Waals surface area contributed by atoms with Crippen LogP contribution in [0.1, 0.15) is 23.2 Å². The molecule has 1 aromatic carbocycles. The predicted octanol–water partition coefficient (Wildman–Crippen LogP) is 2.55. The third kappa shape index (κ3) is 2.70. The summed E-state index contributed by atoms with van der Waals surface area (Å²) in [5.41, 5.74) is 0.657. The second-order valence-corrected chi connectivity index (χ2v) is 5.58. The minimum Gasteiger partial charge on any atom is -0.486 e. The summed E-state index contributed by atoms with van der Waals surface area (Å²) in [4.78, 5) is 14.4. The van der Waals surface area contributed by atoms with Crippen LogP contribution in [0, 0.1) is 5.92 Å². The molecule has 4 nitrogen and oxygen atoms in total. The molecule has 1 saturated heterocycles. The SMILES string of the molecule is O=C(c1ccc2c(c1)OCCO2)N1CCCC(CCl)C1. The normalized spacial score (nSPS) is 21.6. The molecule has 1 fully saturated rings. The molecule has 0 aliphatic carbocycles. The van der Waals surface area contributed by atoms with Gasteiger partial charge in [-0.05, 0) is 37.0 Å². The van der Waals surface area contributed by atoms with Crippen molar-refractivity contribution in [2.45, 2.75) is 12.8 Å². The van der Waals surface area contributed by atoms with E-state index in [1.807, 2.05) is 11.0 Å². The average molecular weight is 296 g/mol. The van der Waals surface area contributed by atoms with Crippen molar-refractivity contribution in [1.29, 1.82) is 0 Å². The number of likely N-dealkylation sites (tertiary alicyclic amines) is 1. The first kappa shape index (κ1) is 13.6. The minimum atomic E-state index is 0.0526. The van der Waals surface area contributed by atoms with E-state index >= 15 is 0 Å². The maximum atomic E-state index is 12.5. The van der Waals surface area contributed by atoms with Crippen LogP contribution >= 0.6 is 11.6 Å². The Balaban J connectivity index is 1.76. The smallest absolute Gasteiger partial charge is 0.254 e. The third-order valence-electron chi connectivity index (χ3n) is 3.81. The van der Waals surface area contributed by atoms with Crippen molar-refractivity contribution >= 4 is 17.5 Å². The Hall–Kier alpha value is -1.42. The molecule has 1 amide bonds. The van der Waals surface area contributed by atoms with Crippen molar-refractivity contribution in [3.63, 3.8) is 0 Å². The van der Waals surface area contributed by atoms with Crippen molar-refractivity contribution < 1.29 is 14.3 Å². The standard InChI is InChI=1S/C15H18ClNO3/c16-9-11-2-1-5-17(10-11)15(18)12-3-4-13-14(8-12)20-7-6-19-13/h3-4,8,11H,1-2,5-7,9-10H2. The van der Waals surface area contributed by atoms with E-state index in [2.05, 4.69) is 0 Å². The highest BCUT2D eigenvalue weighted by Crippen LogP contribution is 2.31. The number of hydrogen-bond donors (Lipinski definition) is 0. The Labute approximate surface area is 123 Å². The van der Waals surface area contributed by atoms with Gasteiger partial charge < -0.3 is 14.4 Å². The molecule has 1 unspecified atom stereocenters. The van der Waals surface area contributed by atoms with Gasteiger partial charge in [0.2, 0.25) is 0 Å². The number of carbonyl (C=O) groups excluding carboxylic acids is 1. The largest absolute Gasteiger partial charge is 0.486 e. The maximum absolute atomic E-state index is 12.5. The van der Waals surface area contributed by atoms with E-state index in [-0.39, 0.29) is 5.91 Å². The number of alkyl halides is 1. The van der Waals surface area contributed by atoms with Crippen LogP contribution in [-0.4, -0.2) is 43.0 Å². The number of carbonyl (C=O) groups is 1. The summed E-state index contributed by atoms with van der Waals surface area (Å²) in [5, 5.41) is 0. The summed E-state index contributed by atoms with van der Waals surface area (Å²) in [6.07, 6.45) is 2.13. The lowest BCUT2D eigenvalue weighted by molar-refractivity contribution is 0.0683. The molecule has 0 saturated carbocycles. The monoisotopic (exact) mass is 295 g/mol. The van der Waals surface area contributed by atoms with Crippen LogP contribution in [0.25, 0.3) is 0 Å². The Morgan fingerprint density at radius 2 is 2.10 bits per heavy atom. The number of nitrogens with zero attached hydrogens (tertiary/aromatic N) is 1. The number of rotatable bonds is 2. The zero-order valence-corrected chi connectivity index (χ0v) is 12.1. The molecule has 1 aromatic rings. The first-order valence-electron chi connectivity index (χ1n) is 7.03. The lowest BCUT2D eigenvalue weighted by Crippen LogP contribution is -2.40. The van der Waals surface area contributed by atoms with Crippen LogP contribution in [0.5, 0.6) is 11.5 Å². The summed E-state index contributed by atoms with van der Waals surface area (Å²) < 4.78 is 11.0. The van der Waals surface area contributed by atoms with E-state index in [0.29, 0.717) is 42.1 Å². The predicted molar refractivity (Wildman–Crippen MR) is 76.8 cm³/mol. The van der Waals surface area contributed by atoms with Crippen molar-refractivity contribution in [2.75, 3.05) is 32.2 Å². The molecular formula is C15H18ClNO3. The van der Waals surface area contributed by atoms with Crippen LogP contribution in [0.3, 0.4) is 0 Å². The fourth-order valence-corrected chi connectivity index (χ4v) is 2.99. The van der Waals surface area contributed by atoms with Crippen LogP contribution in [0.4, 0.5) is 0 Å². The zero-order valence-electron chi connectivity index (χ0n) is 11.3. The van der Waals surface area contributed by atoms with Gasteiger partial charge in [0.1, 0.15) is 13.2 Å². The number of halogens is 1. The lowest BCUT2D eigenvalue weighted by Gasteiger charge is -2.32. The van der Waals surface area contributed by atoms with Crippen molar-refractivity contribution in [3.05, 3.63) is 23.8 Å². The quantitative estimate of drug-likeness (QED) is 0.787. The highest BCUT2D eigenvalue weighted by Gasteiger charge is 2.25. The number of fused-ring (bicyclic) bond motifs is 1. The zero-order chi connectivity index (χ0) is 13.9. The second kappa shape index (κ2) is 5.92. The first-order chi connectivity index (χ1) is 9.78. The number of amides is 1. The van der Waals surface area contributed by atoms with Crippen LogP contribution < -0.4 is 9.47 Å². The van der Waals surface area contributed by atoms with Gasteiger partial charge in [-0.25, -0.2) is 0 Å². The number of hydrogen-bond acceptors (Lipinski definition) is 3. The Bertz CT molecular complexity index is 506. The summed E-state index contributed by atoms with van der Waals surface area (Å²) in [6.45, 7) is 2.64. The topological polar surface area (TPSA) is 38.8 Å². The Morgan fingerprint density at radius 1 is 1.30 bits per heavy atom. The van der Waals surface area contributed by atoms with Crippen molar-refractivity contribution in [2.24, 2.45) is 5.92 Å². The van der Waals surface area contributed by atoms with Crippen LogP contribution in [0.15, 0.2) is 18.2 Å². The van der Waals surface area contributed by atoms with Gasteiger partial charge in [0, 0.05) is 24.5 Å². The molecule has 0 aromatic heterocycles. The molecule has 0 radical (unpaired) electrons. The van der Waals surface area contributed by atoms with Crippen molar-refractivity contribution in [3.8, 4) is 11.5 Å². The van der Waals surface area contributed by atoms with E-state index in [0.717, 1.165) is 25.9 Å². The summed E-state index contributed by atoms with van der Waals surface area (Å²) in [7, 11) is 0. The molecule has 5 heteroatoms. The average Bonchev–Trinajstić information content (AvgIpc) is 2.53. The summed E-state index contributed by atoms with van der Waals surface area (Å²) in [6, 6.07) is 5.39. The fourth-order valence-electron chi connectivity index (χ4n) is 2.73. The van der Waals surface area contributed by atoms with Crippen LogP contribution in [-0.2, 0) is 0 Å². The molecule has 2 heterocycles. The van der Waals surface area contributed by atoms with Gasteiger partial charge in [-0.2, -0.15) is 0 Å². The molecule has 1 atom stereocenters.